The van der Waals surface area contributed by atoms with Crippen molar-refractivity contribution in [3.8, 4) is 10.4 Å². The van der Waals surface area contributed by atoms with Gasteiger partial charge in [-0.15, -0.1) is 11.3 Å². The van der Waals surface area contributed by atoms with Crippen LogP contribution in [0.3, 0.4) is 0 Å². The highest BCUT2D eigenvalue weighted by molar-refractivity contribution is 7.15. The van der Waals surface area contributed by atoms with E-state index in [4.69, 9.17) is 0 Å². The third kappa shape index (κ3) is 3.69. The Bertz CT molecular complexity index is 572. The molecule has 0 saturated heterocycles. The van der Waals surface area contributed by atoms with Crippen LogP contribution in [0.25, 0.3) is 10.4 Å². The standard InChI is InChI=1S/C17H21F2NS/c1-4-10-20-17(11(2)3)15-9-8-14(21-15)16-12(18)6-5-7-13(16)19/h5-9,11,17,20H,4,10H2,1-3H3. The number of rotatable bonds is 6. The quantitative estimate of drug-likeness (QED) is 0.754. The maximum absolute atomic E-state index is 13.9. The van der Waals surface area contributed by atoms with Crippen LogP contribution in [0.4, 0.5) is 8.78 Å². The fraction of sp³-hybridized carbons (Fsp3) is 0.412. The predicted octanol–water partition coefficient (Wildman–Crippen LogP) is 5.39. The first-order valence-electron chi connectivity index (χ1n) is 7.32. The van der Waals surface area contributed by atoms with Crippen molar-refractivity contribution in [1.82, 2.24) is 5.32 Å². The van der Waals surface area contributed by atoms with Gasteiger partial charge in [0.25, 0.3) is 0 Å². The molecule has 1 aromatic carbocycles. The van der Waals surface area contributed by atoms with Crippen molar-refractivity contribution < 1.29 is 8.78 Å². The van der Waals surface area contributed by atoms with Gasteiger partial charge in [0.2, 0.25) is 0 Å². The smallest absolute Gasteiger partial charge is 0.134 e. The minimum Gasteiger partial charge on any atom is -0.309 e. The summed E-state index contributed by atoms with van der Waals surface area (Å²) in [4.78, 5) is 1.76. The van der Waals surface area contributed by atoms with Crippen LogP contribution in [0.2, 0.25) is 0 Å². The number of hydrogen-bond donors (Lipinski definition) is 1. The van der Waals surface area contributed by atoms with E-state index >= 15 is 0 Å². The maximum Gasteiger partial charge on any atom is 0.134 e. The lowest BCUT2D eigenvalue weighted by atomic mass is 10.0. The number of hydrogen-bond acceptors (Lipinski definition) is 2. The molecule has 1 unspecified atom stereocenters. The minimum absolute atomic E-state index is 0.0757. The van der Waals surface area contributed by atoms with Crippen molar-refractivity contribution in [3.05, 3.63) is 46.8 Å². The summed E-state index contributed by atoms with van der Waals surface area (Å²) in [7, 11) is 0. The average Bonchev–Trinajstić information content (AvgIpc) is 2.88. The lowest BCUT2D eigenvalue weighted by Gasteiger charge is -2.21. The van der Waals surface area contributed by atoms with E-state index in [1.54, 1.807) is 0 Å². The molecule has 21 heavy (non-hydrogen) atoms. The first-order valence-corrected chi connectivity index (χ1v) is 8.13. The molecular weight excluding hydrogens is 288 g/mol. The van der Waals surface area contributed by atoms with Gasteiger partial charge in [0, 0.05) is 15.8 Å². The second-order valence-electron chi connectivity index (χ2n) is 5.47. The van der Waals surface area contributed by atoms with E-state index in [0.29, 0.717) is 10.8 Å². The van der Waals surface area contributed by atoms with Crippen molar-refractivity contribution in [2.45, 2.75) is 33.2 Å². The van der Waals surface area contributed by atoms with Gasteiger partial charge in [-0.3, -0.25) is 0 Å². The lowest BCUT2D eigenvalue weighted by molar-refractivity contribution is 0.418. The van der Waals surface area contributed by atoms with Crippen LogP contribution in [-0.4, -0.2) is 6.54 Å². The maximum atomic E-state index is 13.9. The molecule has 114 valence electrons. The van der Waals surface area contributed by atoms with E-state index in [-0.39, 0.29) is 11.6 Å². The van der Waals surface area contributed by atoms with Crippen LogP contribution in [0, 0.1) is 17.6 Å². The van der Waals surface area contributed by atoms with Gasteiger partial charge in [-0.05, 0) is 43.1 Å². The average molecular weight is 309 g/mol. The van der Waals surface area contributed by atoms with Crippen molar-refractivity contribution in [3.63, 3.8) is 0 Å². The second kappa shape index (κ2) is 7.14. The number of benzene rings is 1. The van der Waals surface area contributed by atoms with Gasteiger partial charge in [0.15, 0.2) is 0 Å². The van der Waals surface area contributed by atoms with E-state index in [1.165, 1.54) is 29.5 Å². The zero-order valence-electron chi connectivity index (χ0n) is 12.6. The van der Waals surface area contributed by atoms with Gasteiger partial charge < -0.3 is 5.32 Å². The van der Waals surface area contributed by atoms with Gasteiger partial charge in [0.1, 0.15) is 11.6 Å². The Balaban J connectivity index is 2.32. The van der Waals surface area contributed by atoms with Crippen LogP contribution in [0.1, 0.15) is 38.1 Å². The van der Waals surface area contributed by atoms with E-state index < -0.39 is 11.6 Å². The number of nitrogens with one attached hydrogen (secondary N) is 1. The summed E-state index contributed by atoms with van der Waals surface area (Å²) >= 11 is 1.46. The minimum atomic E-state index is -0.508. The van der Waals surface area contributed by atoms with E-state index in [1.807, 2.05) is 12.1 Å². The predicted molar refractivity (Wildman–Crippen MR) is 85.5 cm³/mol. The van der Waals surface area contributed by atoms with Crippen LogP contribution in [0.15, 0.2) is 30.3 Å². The second-order valence-corrected chi connectivity index (χ2v) is 6.59. The van der Waals surface area contributed by atoms with Crippen LogP contribution >= 0.6 is 11.3 Å². The van der Waals surface area contributed by atoms with Gasteiger partial charge >= 0.3 is 0 Å². The molecule has 1 aromatic heterocycles. The zero-order chi connectivity index (χ0) is 15.4. The monoisotopic (exact) mass is 309 g/mol. The highest BCUT2D eigenvalue weighted by Gasteiger charge is 2.19. The Morgan fingerprint density at radius 1 is 1.10 bits per heavy atom. The topological polar surface area (TPSA) is 12.0 Å². The molecule has 1 heterocycles. The SMILES string of the molecule is CCCNC(c1ccc(-c2c(F)cccc2F)s1)C(C)C. The fourth-order valence-electron chi connectivity index (χ4n) is 2.35. The molecule has 0 aliphatic carbocycles. The van der Waals surface area contributed by atoms with Crippen molar-refractivity contribution in [2.75, 3.05) is 6.54 Å². The van der Waals surface area contributed by atoms with Gasteiger partial charge in [-0.25, -0.2) is 8.78 Å². The molecule has 0 aliphatic heterocycles. The normalized spacial score (nSPS) is 12.9. The highest BCUT2D eigenvalue weighted by Crippen LogP contribution is 2.36. The molecule has 0 fully saturated rings. The summed E-state index contributed by atoms with van der Waals surface area (Å²) in [6.07, 6.45) is 1.06. The summed E-state index contributed by atoms with van der Waals surface area (Å²) < 4.78 is 27.7. The van der Waals surface area contributed by atoms with Crippen molar-refractivity contribution in [2.24, 2.45) is 5.92 Å². The van der Waals surface area contributed by atoms with Gasteiger partial charge in [-0.2, -0.15) is 0 Å². The molecule has 0 spiro atoms. The van der Waals surface area contributed by atoms with Crippen LogP contribution in [0.5, 0.6) is 0 Å². The number of halogens is 2. The van der Waals surface area contributed by atoms with Crippen LogP contribution in [-0.2, 0) is 0 Å². The molecule has 0 aliphatic rings. The Kier molecular flexibility index (Phi) is 5.48. The molecule has 0 radical (unpaired) electrons. The van der Waals surface area contributed by atoms with Crippen molar-refractivity contribution >= 4 is 11.3 Å². The largest absolute Gasteiger partial charge is 0.309 e. The summed E-state index contributed by atoms with van der Waals surface area (Å²) in [6.45, 7) is 7.36. The first kappa shape index (κ1) is 16.1. The molecule has 0 saturated carbocycles. The Morgan fingerprint density at radius 3 is 2.33 bits per heavy atom. The summed E-state index contributed by atoms with van der Waals surface area (Å²) in [6, 6.07) is 7.99. The fourth-order valence-corrected chi connectivity index (χ4v) is 3.66. The third-order valence-electron chi connectivity index (χ3n) is 3.42. The van der Waals surface area contributed by atoms with E-state index in [9.17, 15) is 8.78 Å². The highest BCUT2D eigenvalue weighted by atomic mass is 32.1. The molecule has 1 N–H and O–H groups in total. The van der Waals surface area contributed by atoms with E-state index in [0.717, 1.165) is 17.8 Å². The zero-order valence-corrected chi connectivity index (χ0v) is 13.4. The molecule has 0 amide bonds. The summed E-state index contributed by atoms with van der Waals surface area (Å²) in [5, 5.41) is 3.50. The van der Waals surface area contributed by atoms with Crippen molar-refractivity contribution in [1.29, 1.82) is 0 Å². The molecular formula is C17H21F2NS. The Morgan fingerprint density at radius 2 is 1.76 bits per heavy atom. The Hall–Kier alpha value is -1.26. The summed E-state index contributed by atoms with van der Waals surface area (Å²) in [5.41, 5.74) is 0.0757. The lowest BCUT2D eigenvalue weighted by Crippen LogP contribution is -2.25. The first-order chi connectivity index (χ1) is 10.0. The Labute approximate surface area is 129 Å². The molecule has 2 aromatic rings. The molecule has 1 atom stereocenters. The number of thiophene rings is 1. The van der Waals surface area contributed by atoms with Gasteiger partial charge in [-0.1, -0.05) is 26.8 Å². The molecule has 4 heteroatoms. The third-order valence-corrected chi connectivity index (χ3v) is 4.61. The van der Waals surface area contributed by atoms with Gasteiger partial charge in [0.05, 0.1) is 5.56 Å². The summed E-state index contributed by atoms with van der Waals surface area (Å²) in [5.74, 6) is -0.592. The van der Waals surface area contributed by atoms with Crippen LogP contribution < -0.4 is 5.32 Å². The molecule has 0 bridgehead atoms. The van der Waals surface area contributed by atoms with E-state index in [2.05, 4.69) is 26.1 Å². The molecule has 2 rings (SSSR count). The molecule has 1 nitrogen and oxygen atoms in total.